The molecule has 0 radical (unpaired) electrons. The third-order valence-corrected chi connectivity index (χ3v) is 10.3. The number of fused-ring (bicyclic) bond motifs is 4. The van der Waals surface area contributed by atoms with Gasteiger partial charge in [-0.15, -0.1) is 0 Å². The first-order valence-electron chi connectivity index (χ1n) is 12.7. The highest BCUT2D eigenvalue weighted by Crippen LogP contribution is 2.65. The van der Waals surface area contributed by atoms with Crippen molar-refractivity contribution in [2.24, 2.45) is 46.3 Å². The Morgan fingerprint density at radius 1 is 1.03 bits per heavy atom. The van der Waals surface area contributed by atoms with Gasteiger partial charge in [-0.25, -0.2) is 0 Å². The number of carbonyl (C=O) groups is 1. The summed E-state index contributed by atoms with van der Waals surface area (Å²) in [6, 6.07) is 0. The molecule has 2 fully saturated rings. The second-order valence-corrected chi connectivity index (χ2v) is 12.2. The van der Waals surface area contributed by atoms with E-state index in [1.807, 2.05) is 0 Å². The van der Waals surface area contributed by atoms with E-state index in [0.29, 0.717) is 47.7 Å². The molecule has 2 saturated carbocycles. The quantitative estimate of drug-likeness (QED) is 0.520. The number of rotatable bonds is 4. The molecule has 0 aromatic carbocycles. The molecular formula is C28H44O2. The standard InChI is InChI=1S/C28H44O2/c1-17(2)18(3)7-8-19(4)22-9-10-23-26-24(12-14-28(22,23)6)27(5)13-11-21(29)15-20(27)16-25(26)30/h7-8,17-23,29H,9-16H2,1-6H3/b8-7+/t18-,19+,20+,21+,22-,23+,27-,28+/m0/s1. The van der Waals surface area contributed by atoms with Gasteiger partial charge < -0.3 is 5.11 Å². The van der Waals surface area contributed by atoms with Crippen molar-refractivity contribution in [2.75, 3.05) is 0 Å². The first-order valence-corrected chi connectivity index (χ1v) is 12.7. The topological polar surface area (TPSA) is 37.3 Å². The predicted octanol–water partition coefficient (Wildman–Crippen LogP) is 6.73. The zero-order valence-electron chi connectivity index (χ0n) is 20.2. The van der Waals surface area contributed by atoms with Gasteiger partial charge in [0.25, 0.3) is 0 Å². The smallest absolute Gasteiger partial charge is 0.159 e. The van der Waals surface area contributed by atoms with Crippen molar-refractivity contribution < 1.29 is 9.90 Å². The van der Waals surface area contributed by atoms with Crippen LogP contribution in [0.15, 0.2) is 23.3 Å². The molecule has 0 unspecified atom stereocenters. The van der Waals surface area contributed by atoms with Crippen LogP contribution >= 0.6 is 0 Å². The Labute approximate surface area is 184 Å². The van der Waals surface area contributed by atoms with E-state index in [2.05, 4.69) is 53.7 Å². The van der Waals surface area contributed by atoms with Gasteiger partial charge in [0.05, 0.1) is 6.10 Å². The maximum absolute atomic E-state index is 13.4. The van der Waals surface area contributed by atoms with Gasteiger partial charge in [0, 0.05) is 6.42 Å². The molecule has 1 N–H and O–H groups in total. The van der Waals surface area contributed by atoms with Gasteiger partial charge in [0.2, 0.25) is 0 Å². The average Bonchev–Trinajstić information content (AvgIpc) is 3.04. The molecule has 4 aliphatic carbocycles. The predicted molar refractivity (Wildman–Crippen MR) is 124 cm³/mol. The molecule has 0 amide bonds. The highest BCUT2D eigenvalue weighted by molar-refractivity contribution is 5.98. The molecule has 0 aromatic rings. The van der Waals surface area contributed by atoms with Crippen LogP contribution in [0.2, 0.25) is 0 Å². The van der Waals surface area contributed by atoms with E-state index < -0.39 is 0 Å². The molecule has 4 aliphatic rings. The first kappa shape index (κ1) is 22.3. The van der Waals surface area contributed by atoms with Gasteiger partial charge in [-0.05, 0) is 96.9 Å². The summed E-state index contributed by atoms with van der Waals surface area (Å²) in [4.78, 5) is 13.4. The van der Waals surface area contributed by atoms with Crippen LogP contribution in [0.3, 0.4) is 0 Å². The highest BCUT2D eigenvalue weighted by Gasteiger charge is 2.57. The summed E-state index contributed by atoms with van der Waals surface area (Å²) in [7, 11) is 0. The largest absolute Gasteiger partial charge is 0.393 e. The third-order valence-electron chi connectivity index (χ3n) is 10.3. The summed E-state index contributed by atoms with van der Waals surface area (Å²) in [6.45, 7) is 14.3. The van der Waals surface area contributed by atoms with Crippen LogP contribution in [-0.4, -0.2) is 17.0 Å². The van der Waals surface area contributed by atoms with E-state index in [1.165, 1.54) is 30.4 Å². The Morgan fingerprint density at radius 2 is 1.77 bits per heavy atom. The fraction of sp³-hybridized carbons (Fsp3) is 0.821. The van der Waals surface area contributed by atoms with Gasteiger partial charge in [0.1, 0.15) is 0 Å². The third kappa shape index (κ3) is 3.46. The minimum absolute atomic E-state index is 0.153. The maximum Gasteiger partial charge on any atom is 0.159 e. The normalized spacial score (nSPS) is 43.5. The van der Waals surface area contributed by atoms with Crippen LogP contribution in [0.4, 0.5) is 0 Å². The van der Waals surface area contributed by atoms with Crippen molar-refractivity contribution in [3.05, 3.63) is 23.3 Å². The molecule has 0 spiro atoms. The van der Waals surface area contributed by atoms with E-state index in [-0.39, 0.29) is 16.9 Å². The number of allylic oxidation sites excluding steroid dienone is 4. The van der Waals surface area contributed by atoms with E-state index in [1.54, 1.807) is 0 Å². The lowest BCUT2D eigenvalue weighted by Gasteiger charge is -2.54. The molecule has 0 bridgehead atoms. The van der Waals surface area contributed by atoms with Crippen LogP contribution < -0.4 is 0 Å². The zero-order chi connectivity index (χ0) is 21.8. The van der Waals surface area contributed by atoms with Gasteiger partial charge in [-0.3, -0.25) is 4.79 Å². The van der Waals surface area contributed by atoms with E-state index in [9.17, 15) is 9.90 Å². The Hall–Kier alpha value is -0.890. The minimum Gasteiger partial charge on any atom is -0.393 e. The monoisotopic (exact) mass is 412 g/mol. The zero-order valence-corrected chi connectivity index (χ0v) is 20.2. The van der Waals surface area contributed by atoms with E-state index in [4.69, 9.17) is 0 Å². The molecule has 30 heavy (non-hydrogen) atoms. The summed E-state index contributed by atoms with van der Waals surface area (Å²) >= 11 is 0. The molecule has 2 nitrogen and oxygen atoms in total. The first-order chi connectivity index (χ1) is 14.1. The molecular weight excluding hydrogens is 368 g/mol. The molecule has 0 heterocycles. The second kappa shape index (κ2) is 7.91. The van der Waals surface area contributed by atoms with Crippen molar-refractivity contribution in [1.29, 1.82) is 0 Å². The van der Waals surface area contributed by atoms with E-state index in [0.717, 1.165) is 25.7 Å². The van der Waals surface area contributed by atoms with Crippen molar-refractivity contribution in [3.63, 3.8) is 0 Å². The Kier molecular flexibility index (Phi) is 5.88. The van der Waals surface area contributed by atoms with Crippen molar-refractivity contribution in [3.8, 4) is 0 Å². The Morgan fingerprint density at radius 3 is 2.47 bits per heavy atom. The molecule has 0 saturated heterocycles. The summed E-state index contributed by atoms with van der Waals surface area (Å²) in [5.41, 5.74) is 3.18. The highest BCUT2D eigenvalue weighted by atomic mass is 16.3. The van der Waals surface area contributed by atoms with Crippen LogP contribution in [0, 0.1) is 46.3 Å². The number of aliphatic hydroxyl groups is 1. The lowest BCUT2D eigenvalue weighted by molar-refractivity contribution is -0.121. The second-order valence-electron chi connectivity index (χ2n) is 12.2. The van der Waals surface area contributed by atoms with Gasteiger partial charge >= 0.3 is 0 Å². The lowest BCUT2D eigenvalue weighted by Crippen LogP contribution is -2.48. The van der Waals surface area contributed by atoms with Gasteiger partial charge in [-0.1, -0.05) is 59.3 Å². The van der Waals surface area contributed by atoms with Gasteiger partial charge in [0.15, 0.2) is 5.78 Å². The number of hydrogen-bond acceptors (Lipinski definition) is 2. The fourth-order valence-electron chi connectivity index (χ4n) is 7.78. The van der Waals surface area contributed by atoms with Crippen LogP contribution in [0.5, 0.6) is 0 Å². The molecule has 0 aromatic heterocycles. The Bertz CT molecular complexity index is 746. The molecule has 2 heteroatoms. The molecule has 0 aliphatic heterocycles. The molecule has 4 rings (SSSR count). The fourth-order valence-corrected chi connectivity index (χ4v) is 7.78. The summed E-state index contributed by atoms with van der Waals surface area (Å²) in [5.74, 6) is 3.81. The van der Waals surface area contributed by atoms with Gasteiger partial charge in [-0.2, -0.15) is 0 Å². The number of Topliss-reactive ketones (excluding diaryl/α,β-unsaturated/α-hetero) is 1. The summed E-state index contributed by atoms with van der Waals surface area (Å²) in [5, 5.41) is 10.2. The SMILES string of the molecule is CC(C)[C@@H](C)/C=C/[C@@H](C)[C@@H]1CC[C@@H]2C3=C(CC[C@@]21C)[C@@]1(C)CC[C@@H](O)C[C@@H]1CC3=O. The van der Waals surface area contributed by atoms with Crippen LogP contribution in [0.25, 0.3) is 0 Å². The Balaban J connectivity index is 1.62. The number of hydrogen-bond donors (Lipinski definition) is 1. The molecule has 8 atom stereocenters. The maximum atomic E-state index is 13.4. The number of carbonyl (C=O) groups excluding carboxylic acids is 1. The average molecular weight is 413 g/mol. The van der Waals surface area contributed by atoms with Crippen LogP contribution in [0.1, 0.15) is 92.9 Å². The van der Waals surface area contributed by atoms with Crippen molar-refractivity contribution >= 4 is 5.78 Å². The lowest BCUT2D eigenvalue weighted by atomic mass is 9.50. The molecule has 168 valence electrons. The summed E-state index contributed by atoms with van der Waals surface area (Å²) < 4.78 is 0. The van der Waals surface area contributed by atoms with E-state index >= 15 is 0 Å². The van der Waals surface area contributed by atoms with Crippen molar-refractivity contribution in [1.82, 2.24) is 0 Å². The summed E-state index contributed by atoms with van der Waals surface area (Å²) in [6.07, 6.45) is 12.9. The van der Waals surface area contributed by atoms with Crippen molar-refractivity contribution in [2.45, 2.75) is 99.0 Å². The minimum atomic E-state index is -0.205. The number of aliphatic hydroxyl groups excluding tert-OH is 1. The van der Waals surface area contributed by atoms with Crippen LogP contribution in [-0.2, 0) is 4.79 Å². The number of ketones is 1.